The summed E-state index contributed by atoms with van der Waals surface area (Å²) in [5, 5.41) is 21.5. The van der Waals surface area contributed by atoms with Gasteiger partial charge < -0.3 is 5.32 Å². The van der Waals surface area contributed by atoms with Crippen LogP contribution in [-0.4, -0.2) is 19.7 Å². The third-order valence-electron chi connectivity index (χ3n) is 2.86. The van der Waals surface area contributed by atoms with E-state index in [4.69, 9.17) is 0 Å². The van der Waals surface area contributed by atoms with Gasteiger partial charge in [0, 0.05) is 12.4 Å². The number of hydrogen-bond donors (Lipinski definition) is 1. The van der Waals surface area contributed by atoms with E-state index >= 15 is 0 Å². The number of aromatic nitrogens is 3. The molecular formula is C12H17N5O2S. The van der Waals surface area contributed by atoms with Gasteiger partial charge in [-0.25, -0.2) is 9.67 Å². The summed E-state index contributed by atoms with van der Waals surface area (Å²) in [4.78, 5) is 15.2. The molecular weight excluding hydrogens is 278 g/mol. The topological polar surface area (TPSA) is 85.9 Å². The van der Waals surface area contributed by atoms with Gasteiger partial charge in [0.2, 0.25) is 5.82 Å². The van der Waals surface area contributed by atoms with Crippen LogP contribution < -0.4 is 5.32 Å². The first-order valence-corrected chi connectivity index (χ1v) is 7.26. The first-order chi connectivity index (χ1) is 9.52. The van der Waals surface area contributed by atoms with E-state index in [0.29, 0.717) is 24.5 Å². The van der Waals surface area contributed by atoms with Gasteiger partial charge in [-0.05, 0) is 13.3 Å². The Bertz CT molecular complexity index is 619. The highest BCUT2D eigenvalue weighted by Gasteiger charge is 2.25. The Morgan fingerprint density at radius 3 is 2.85 bits per heavy atom. The molecule has 7 nitrogen and oxygen atoms in total. The quantitative estimate of drug-likeness (QED) is 0.654. The zero-order valence-electron chi connectivity index (χ0n) is 11.7. The van der Waals surface area contributed by atoms with Crippen molar-refractivity contribution in [1.29, 1.82) is 0 Å². The van der Waals surface area contributed by atoms with Crippen molar-refractivity contribution in [2.75, 3.05) is 5.32 Å². The van der Waals surface area contributed by atoms with E-state index in [2.05, 4.69) is 15.4 Å². The van der Waals surface area contributed by atoms with Gasteiger partial charge in [0.15, 0.2) is 0 Å². The number of anilines is 1. The second-order valence-corrected chi connectivity index (χ2v) is 5.55. The Labute approximate surface area is 120 Å². The summed E-state index contributed by atoms with van der Waals surface area (Å²) in [5.74, 6) is 0.434. The first-order valence-electron chi connectivity index (χ1n) is 6.38. The minimum atomic E-state index is -0.368. The lowest BCUT2D eigenvalue weighted by Crippen LogP contribution is -2.06. The van der Waals surface area contributed by atoms with Crippen molar-refractivity contribution in [2.24, 2.45) is 7.05 Å². The van der Waals surface area contributed by atoms with Crippen molar-refractivity contribution in [3.05, 3.63) is 31.9 Å². The predicted octanol–water partition coefficient (Wildman–Crippen LogP) is 2.66. The Morgan fingerprint density at radius 1 is 1.55 bits per heavy atom. The van der Waals surface area contributed by atoms with Crippen LogP contribution in [0, 0.1) is 17.0 Å². The van der Waals surface area contributed by atoms with E-state index < -0.39 is 0 Å². The highest BCUT2D eigenvalue weighted by Crippen LogP contribution is 2.29. The van der Waals surface area contributed by atoms with Crippen LogP contribution in [0.15, 0.2) is 5.38 Å². The van der Waals surface area contributed by atoms with Gasteiger partial charge in [-0.1, -0.05) is 13.3 Å². The van der Waals surface area contributed by atoms with Crippen LogP contribution in [-0.2, 0) is 20.0 Å². The SMILES string of the molecule is CCCc1nn(C)c(NCc2csc(C)n2)c1[N+](=O)[O-]. The maximum absolute atomic E-state index is 11.2. The van der Waals surface area contributed by atoms with Gasteiger partial charge >= 0.3 is 5.69 Å². The molecule has 0 bridgehead atoms. The van der Waals surface area contributed by atoms with E-state index in [1.54, 1.807) is 18.4 Å². The van der Waals surface area contributed by atoms with Crippen molar-refractivity contribution >= 4 is 22.8 Å². The molecule has 2 rings (SSSR count). The molecule has 0 amide bonds. The van der Waals surface area contributed by atoms with Gasteiger partial charge in [0.25, 0.3) is 0 Å². The molecule has 8 heteroatoms. The summed E-state index contributed by atoms with van der Waals surface area (Å²) in [6.07, 6.45) is 1.42. The lowest BCUT2D eigenvalue weighted by Gasteiger charge is -2.03. The number of nitro groups is 1. The van der Waals surface area contributed by atoms with Crippen LogP contribution in [0.3, 0.4) is 0 Å². The maximum atomic E-state index is 11.2. The average molecular weight is 295 g/mol. The van der Waals surface area contributed by atoms with E-state index in [-0.39, 0.29) is 10.6 Å². The fourth-order valence-electron chi connectivity index (χ4n) is 2.03. The average Bonchev–Trinajstić information content (AvgIpc) is 2.91. The Hall–Kier alpha value is -1.96. The van der Waals surface area contributed by atoms with Crippen molar-refractivity contribution in [2.45, 2.75) is 33.2 Å². The minimum absolute atomic E-state index is 0.0706. The fourth-order valence-corrected chi connectivity index (χ4v) is 2.64. The predicted molar refractivity (Wildman–Crippen MR) is 78.0 cm³/mol. The van der Waals surface area contributed by atoms with Gasteiger partial charge in [-0.3, -0.25) is 10.1 Å². The summed E-state index contributed by atoms with van der Waals surface area (Å²) < 4.78 is 1.53. The van der Waals surface area contributed by atoms with Gasteiger partial charge in [0.05, 0.1) is 22.2 Å². The van der Waals surface area contributed by atoms with E-state index in [1.807, 2.05) is 19.2 Å². The lowest BCUT2D eigenvalue weighted by atomic mass is 10.2. The largest absolute Gasteiger partial charge is 0.359 e. The summed E-state index contributed by atoms with van der Waals surface area (Å²) in [6.45, 7) is 4.36. The number of rotatable bonds is 6. The molecule has 0 aromatic carbocycles. The Balaban J connectivity index is 2.23. The van der Waals surface area contributed by atoms with Crippen molar-refractivity contribution in [3.8, 4) is 0 Å². The molecule has 0 aliphatic carbocycles. The molecule has 0 fully saturated rings. The van der Waals surface area contributed by atoms with Crippen LogP contribution >= 0.6 is 11.3 Å². The Kier molecular flexibility index (Phi) is 4.33. The first kappa shape index (κ1) is 14.4. The molecule has 0 aliphatic rings. The summed E-state index contributed by atoms with van der Waals surface area (Å²) in [7, 11) is 1.71. The van der Waals surface area contributed by atoms with Crippen LogP contribution in [0.25, 0.3) is 0 Å². The zero-order valence-corrected chi connectivity index (χ0v) is 12.5. The fraction of sp³-hybridized carbons (Fsp3) is 0.500. The third kappa shape index (κ3) is 2.96. The molecule has 108 valence electrons. The van der Waals surface area contributed by atoms with Crippen LogP contribution in [0.1, 0.15) is 29.7 Å². The minimum Gasteiger partial charge on any atom is -0.359 e. The molecule has 0 radical (unpaired) electrons. The number of thiazole rings is 1. The highest BCUT2D eigenvalue weighted by molar-refractivity contribution is 7.09. The van der Waals surface area contributed by atoms with Crippen LogP contribution in [0.4, 0.5) is 11.5 Å². The second-order valence-electron chi connectivity index (χ2n) is 4.49. The number of hydrogen-bond acceptors (Lipinski definition) is 6. The van der Waals surface area contributed by atoms with Gasteiger partial charge in [0.1, 0.15) is 5.69 Å². The number of aryl methyl sites for hydroxylation is 3. The maximum Gasteiger partial charge on any atom is 0.334 e. The second kappa shape index (κ2) is 6.00. The standard InChI is InChI=1S/C12H17N5O2S/c1-4-5-10-11(17(18)19)12(16(3)15-10)13-6-9-7-20-8(2)14-9/h7,13H,4-6H2,1-3H3. The van der Waals surface area contributed by atoms with Crippen LogP contribution in [0.5, 0.6) is 0 Å². The highest BCUT2D eigenvalue weighted by atomic mass is 32.1. The number of nitrogens with one attached hydrogen (secondary N) is 1. The molecule has 0 spiro atoms. The van der Waals surface area contributed by atoms with E-state index in [9.17, 15) is 10.1 Å². The molecule has 2 heterocycles. The van der Waals surface area contributed by atoms with Crippen molar-refractivity contribution in [3.63, 3.8) is 0 Å². The van der Waals surface area contributed by atoms with E-state index in [1.165, 1.54) is 4.68 Å². The van der Waals surface area contributed by atoms with Gasteiger partial charge in [-0.15, -0.1) is 11.3 Å². The molecule has 0 unspecified atom stereocenters. The monoisotopic (exact) mass is 295 g/mol. The van der Waals surface area contributed by atoms with Crippen molar-refractivity contribution < 1.29 is 4.92 Å². The Morgan fingerprint density at radius 2 is 2.30 bits per heavy atom. The van der Waals surface area contributed by atoms with E-state index in [0.717, 1.165) is 17.1 Å². The summed E-state index contributed by atoms with van der Waals surface area (Å²) >= 11 is 1.56. The van der Waals surface area contributed by atoms with Crippen LogP contribution in [0.2, 0.25) is 0 Å². The lowest BCUT2D eigenvalue weighted by molar-refractivity contribution is -0.384. The molecule has 2 aromatic rings. The molecule has 0 atom stereocenters. The third-order valence-corrected chi connectivity index (χ3v) is 3.69. The molecule has 20 heavy (non-hydrogen) atoms. The van der Waals surface area contributed by atoms with Crippen molar-refractivity contribution in [1.82, 2.24) is 14.8 Å². The molecule has 2 aromatic heterocycles. The molecule has 0 saturated heterocycles. The summed E-state index contributed by atoms with van der Waals surface area (Å²) in [5.41, 5.74) is 1.47. The smallest absolute Gasteiger partial charge is 0.334 e. The molecule has 0 saturated carbocycles. The zero-order chi connectivity index (χ0) is 14.7. The number of nitrogens with zero attached hydrogens (tertiary/aromatic N) is 4. The molecule has 0 aliphatic heterocycles. The van der Waals surface area contributed by atoms with Gasteiger partial charge in [-0.2, -0.15) is 5.10 Å². The summed E-state index contributed by atoms with van der Waals surface area (Å²) in [6, 6.07) is 0. The normalized spacial score (nSPS) is 10.8. The molecule has 1 N–H and O–H groups in total.